The van der Waals surface area contributed by atoms with Crippen LogP contribution in [0, 0.1) is 0 Å². The first kappa shape index (κ1) is 20.2. The summed E-state index contributed by atoms with van der Waals surface area (Å²) in [5.74, 6) is -1.54. The molecule has 0 fully saturated rings. The van der Waals surface area contributed by atoms with Crippen LogP contribution in [0.25, 0.3) is 0 Å². The van der Waals surface area contributed by atoms with Gasteiger partial charge in [0.15, 0.2) is 6.23 Å². The largest absolute Gasteiger partial charge is 0.485 e. The summed E-state index contributed by atoms with van der Waals surface area (Å²) >= 11 is 0. The molecule has 27 heavy (non-hydrogen) atoms. The molecular formula is C21H23NO5. The number of ether oxygens (including phenoxy) is 3. The maximum absolute atomic E-state index is 11.6. The van der Waals surface area contributed by atoms with Crippen molar-refractivity contribution in [3.8, 4) is 5.75 Å². The van der Waals surface area contributed by atoms with Crippen molar-refractivity contribution in [3.63, 3.8) is 0 Å². The summed E-state index contributed by atoms with van der Waals surface area (Å²) in [7, 11) is 1.10. The first-order chi connectivity index (χ1) is 13.0. The number of benzene rings is 2. The van der Waals surface area contributed by atoms with Crippen molar-refractivity contribution in [2.45, 2.75) is 25.2 Å². The number of allylic oxidation sites excluding steroid dienone is 1. The van der Waals surface area contributed by atoms with E-state index >= 15 is 0 Å². The van der Waals surface area contributed by atoms with Crippen molar-refractivity contribution in [2.24, 2.45) is 5.73 Å². The minimum atomic E-state index is -1.14. The summed E-state index contributed by atoms with van der Waals surface area (Å²) in [5, 5.41) is 0. The second-order valence-corrected chi connectivity index (χ2v) is 5.79. The Labute approximate surface area is 158 Å². The maximum atomic E-state index is 11.6. The molecule has 2 atom stereocenters. The Hall–Kier alpha value is -3.12. The van der Waals surface area contributed by atoms with Gasteiger partial charge in [-0.05, 0) is 23.6 Å². The first-order valence-corrected chi connectivity index (χ1v) is 8.50. The highest BCUT2D eigenvalue weighted by Crippen LogP contribution is 2.29. The lowest BCUT2D eigenvalue weighted by Crippen LogP contribution is -2.33. The van der Waals surface area contributed by atoms with Crippen LogP contribution in [0.2, 0.25) is 0 Å². The topological polar surface area (TPSA) is 87.9 Å². The summed E-state index contributed by atoms with van der Waals surface area (Å²) in [6.07, 6.45) is 1.10. The molecular weight excluding hydrogens is 346 g/mol. The lowest BCUT2D eigenvalue weighted by atomic mass is 10.0. The molecule has 0 aliphatic heterocycles. The third kappa shape index (κ3) is 5.97. The third-order valence-corrected chi connectivity index (χ3v) is 3.83. The van der Waals surface area contributed by atoms with E-state index in [0.717, 1.165) is 18.2 Å². The zero-order chi connectivity index (χ0) is 19.6. The molecule has 0 heterocycles. The number of hydrogen-bond acceptors (Lipinski definition) is 6. The fourth-order valence-corrected chi connectivity index (χ4v) is 2.54. The van der Waals surface area contributed by atoms with Gasteiger partial charge in [-0.2, -0.15) is 0 Å². The van der Waals surface area contributed by atoms with Crippen LogP contribution in [0.1, 0.15) is 23.7 Å². The van der Waals surface area contributed by atoms with E-state index in [9.17, 15) is 9.59 Å². The molecule has 142 valence electrons. The molecule has 2 rings (SSSR count). The number of para-hydroxylation sites is 1. The van der Waals surface area contributed by atoms with Crippen LogP contribution >= 0.6 is 0 Å². The number of rotatable bonds is 8. The quantitative estimate of drug-likeness (QED) is 0.333. The summed E-state index contributed by atoms with van der Waals surface area (Å²) in [6.45, 7) is 3.76. The molecule has 0 aromatic heterocycles. The molecule has 2 aromatic rings. The predicted octanol–water partition coefficient (Wildman–Crippen LogP) is 2.93. The molecule has 0 bridgehead atoms. The number of nitrogens with two attached hydrogens (primary N) is 1. The van der Waals surface area contributed by atoms with Gasteiger partial charge < -0.3 is 14.2 Å². The van der Waals surface area contributed by atoms with E-state index in [0.29, 0.717) is 12.2 Å². The van der Waals surface area contributed by atoms with Crippen LogP contribution in [0.15, 0.2) is 67.3 Å². The van der Waals surface area contributed by atoms with Gasteiger partial charge in [0.2, 0.25) is 0 Å². The summed E-state index contributed by atoms with van der Waals surface area (Å²) in [6, 6.07) is 17.1. The van der Waals surface area contributed by atoms with E-state index in [1.807, 2.05) is 54.6 Å². The average molecular weight is 369 g/mol. The molecule has 2 unspecified atom stereocenters. The Morgan fingerprint density at radius 3 is 2.41 bits per heavy atom. The van der Waals surface area contributed by atoms with Crippen molar-refractivity contribution in [1.29, 1.82) is 0 Å². The van der Waals surface area contributed by atoms with Gasteiger partial charge in [-0.25, -0.2) is 9.59 Å². The van der Waals surface area contributed by atoms with Gasteiger partial charge in [-0.3, -0.25) is 5.73 Å². The van der Waals surface area contributed by atoms with Gasteiger partial charge in [-0.1, -0.05) is 54.6 Å². The smallest absolute Gasteiger partial charge is 0.419 e. The highest BCUT2D eigenvalue weighted by Gasteiger charge is 2.24. The van der Waals surface area contributed by atoms with Gasteiger partial charge in [0.05, 0.1) is 7.11 Å². The van der Waals surface area contributed by atoms with E-state index < -0.39 is 24.3 Å². The predicted molar refractivity (Wildman–Crippen MR) is 101 cm³/mol. The van der Waals surface area contributed by atoms with Crippen molar-refractivity contribution in [3.05, 3.63) is 78.4 Å². The third-order valence-electron chi connectivity index (χ3n) is 3.83. The van der Waals surface area contributed by atoms with Gasteiger partial charge in [-0.15, -0.1) is 6.58 Å². The average Bonchev–Trinajstić information content (AvgIpc) is 2.69. The molecule has 0 amide bonds. The van der Waals surface area contributed by atoms with E-state index in [2.05, 4.69) is 11.3 Å². The molecule has 0 saturated heterocycles. The van der Waals surface area contributed by atoms with Gasteiger partial charge in [0, 0.05) is 6.42 Å². The van der Waals surface area contributed by atoms with Crippen molar-refractivity contribution in [2.75, 3.05) is 7.11 Å². The van der Waals surface area contributed by atoms with Crippen molar-refractivity contribution < 1.29 is 23.8 Å². The lowest BCUT2D eigenvalue weighted by Gasteiger charge is -2.24. The Morgan fingerprint density at radius 1 is 1.07 bits per heavy atom. The van der Waals surface area contributed by atoms with Gasteiger partial charge in [0.25, 0.3) is 0 Å². The Kier molecular flexibility index (Phi) is 7.58. The van der Waals surface area contributed by atoms with Crippen molar-refractivity contribution >= 4 is 11.9 Å². The standard InChI is InChI=1S/C21H23NO5/c1-3-9-15-12-7-8-13-17(15)26-18(16-10-5-4-6-11-16)14-19(22)27-21(24)20(23)25-2/h3-8,10-13,18-19H,1,9,14,22H2,2H3. The summed E-state index contributed by atoms with van der Waals surface area (Å²) in [5.41, 5.74) is 7.76. The zero-order valence-corrected chi connectivity index (χ0v) is 15.2. The van der Waals surface area contributed by atoms with E-state index in [4.69, 9.17) is 15.2 Å². The first-order valence-electron chi connectivity index (χ1n) is 8.50. The van der Waals surface area contributed by atoms with E-state index in [1.54, 1.807) is 6.08 Å². The number of esters is 2. The lowest BCUT2D eigenvalue weighted by molar-refractivity contribution is -0.169. The number of carbonyl (C=O) groups excluding carboxylic acids is 2. The number of carbonyl (C=O) groups is 2. The van der Waals surface area contributed by atoms with Crippen LogP contribution in [0.3, 0.4) is 0 Å². The van der Waals surface area contributed by atoms with Crippen LogP contribution in [-0.2, 0) is 25.5 Å². The number of hydrogen-bond donors (Lipinski definition) is 1. The number of methoxy groups -OCH3 is 1. The highest BCUT2D eigenvalue weighted by atomic mass is 16.6. The van der Waals surface area contributed by atoms with E-state index in [1.165, 1.54) is 0 Å². The summed E-state index contributed by atoms with van der Waals surface area (Å²) < 4.78 is 15.5. The normalized spacial score (nSPS) is 12.5. The molecule has 0 aliphatic rings. The van der Waals surface area contributed by atoms with Crippen LogP contribution < -0.4 is 10.5 Å². The Bertz CT molecular complexity index is 775. The van der Waals surface area contributed by atoms with Crippen molar-refractivity contribution in [1.82, 2.24) is 0 Å². The van der Waals surface area contributed by atoms with Crippen LogP contribution in [0.4, 0.5) is 0 Å². The highest BCUT2D eigenvalue weighted by molar-refractivity contribution is 6.29. The Balaban J connectivity index is 2.19. The van der Waals surface area contributed by atoms with Gasteiger partial charge >= 0.3 is 11.9 Å². The monoisotopic (exact) mass is 369 g/mol. The fourth-order valence-electron chi connectivity index (χ4n) is 2.54. The molecule has 6 heteroatoms. The van der Waals surface area contributed by atoms with E-state index in [-0.39, 0.29) is 6.42 Å². The minimum absolute atomic E-state index is 0.162. The Morgan fingerprint density at radius 2 is 1.74 bits per heavy atom. The second kappa shape index (κ2) is 10.1. The molecule has 6 nitrogen and oxygen atoms in total. The molecule has 2 N–H and O–H groups in total. The molecule has 0 spiro atoms. The molecule has 0 saturated carbocycles. The molecule has 0 aliphatic carbocycles. The van der Waals surface area contributed by atoms with Gasteiger partial charge in [0.1, 0.15) is 11.9 Å². The zero-order valence-electron chi connectivity index (χ0n) is 15.2. The van der Waals surface area contributed by atoms with Crippen LogP contribution in [-0.4, -0.2) is 25.3 Å². The van der Waals surface area contributed by atoms with Crippen LogP contribution in [0.5, 0.6) is 5.75 Å². The summed E-state index contributed by atoms with van der Waals surface area (Å²) in [4.78, 5) is 22.8. The SMILES string of the molecule is C=CCc1ccccc1OC(CC(N)OC(=O)C(=O)OC)c1ccccc1. The maximum Gasteiger partial charge on any atom is 0.419 e. The minimum Gasteiger partial charge on any atom is -0.485 e. The molecule has 2 aromatic carbocycles. The fraction of sp³-hybridized carbons (Fsp3) is 0.238. The second-order valence-electron chi connectivity index (χ2n) is 5.79. The molecule has 0 radical (unpaired) electrons.